The van der Waals surface area contributed by atoms with Crippen molar-refractivity contribution in [1.29, 1.82) is 0 Å². The van der Waals surface area contributed by atoms with E-state index in [1.54, 1.807) is 25.3 Å². The number of aromatic nitrogens is 1. The number of esters is 1. The Kier molecular flexibility index (Phi) is 3.97. The van der Waals surface area contributed by atoms with Gasteiger partial charge in [-0.25, -0.2) is 9.78 Å². The standard InChI is InChI=1S/C11H13NO3/c1-8(13)3-4-9-5-6-10(12-7-9)11(14)15-2/h5-7H,3-4H2,1-2H3. The van der Waals surface area contributed by atoms with Crippen molar-refractivity contribution >= 4 is 11.8 Å². The fraction of sp³-hybridized carbons (Fsp3) is 0.364. The number of hydrogen-bond acceptors (Lipinski definition) is 4. The highest BCUT2D eigenvalue weighted by Gasteiger charge is 2.06. The smallest absolute Gasteiger partial charge is 0.356 e. The minimum absolute atomic E-state index is 0.145. The second-order valence-electron chi connectivity index (χ2n) is 3.25. The van der Waals surface area contributed by atoms with Crippen LogP contribution in [0.25, 0.3) is 0 Å². The summed E-state index contributed by atoms with van der Waals surface area (Å²) in [5.41, 5.74) is 1.22. The molecule has 0 radical (unpaired) electrons. The van der Waals surface area contributed by atoms with Crippen LogP contribution < -0.4 is 0 Å². The number of carbonyl (C=O) groups excluding carboxylic acids is 2. The van der Waals surface area contributed by atoms with Crippen molar-refractivity contribution in [1.82, 2.24) is 4.98 Å². The highest BCUT2D eigenvalue weighted by molar-refractivity contribution is 5.87. The number of Topliss-reactive ketones (excluding diaryl/α,β-unsaturated/α-hetero) is 1. The number of ketones is 1. The van der Waals surface area contributed by atoms with E-state index >= 15 is 0 Å². The molecule has 1 aromatic rings. The largest absolute Gasteiger partial charge is 0.464 e. The molecule has 0 saturated heterocycles. The van der Waals surface area contributed by atoms with Gasteiger partial charge in [0.15, 0.2) is 0 Å². The molecule has 80 valence electrons. The van der Waals surface area contributed by atoms with E-state index in [1.807, 2.05) is 0 Å². The summed E-state index contributed by atoms with van der Waals surface area (Å²) in [5, 5.41) is 0. The zero-order valence-corrected chi connectivity index (χ0v) is 8.82. The first-order valence-corrected chi connectivity index (χ1v) is 4.66. The van der Waals surface area contributed by atoms with Crippen molar-refractivity contribution in [3.05, 3.63) is 29.6 Å². The van der Waals surface area contributed by atoms with Gasteiger partial charge in [-0.1, -0.05) is 6.07 Å². The molecule has 4 nitrogen and oxygen atoms in total. The van der Waals surface area contributed by atoms with Gasteiger partial charge in [0, 0.05) is 12.6 Å². The molecule has 0 aliphatic rings. The van der Waals surface area contributed by atoms with E-state index in [0.717, 1.165) is 5.56 Å². The summed E-state index contributed by atoms with van der Waals surface area (Å²) < 4.78 is 4.52. The van der Waals surface area contributed by atoms with E-state index in [4.69, 9.17) is 0 Å². The molecule has 0 fully saturated rings. The van der Waals surface area contributed by atoms with Gasteiger partial charge in [0.1, 0.15) is 11.5 Å². The lowest BCUT2D eigenvalue weighted by Gasteiger charge is -2.00. The number of carbonyl (C=O) groups is 2. The van der Waals surface area contributed by atoms with E-state index in [2.05, 4.69) is 9.72 Å². The summed E-state index contributed by atoms with van der Waals surface area (Å²) in [7, 11) is 1.31. The molecular formula is C11H13NO3. The Balaban J connectivity index is 2.64. The molecule has 0 aliphatic heterocycles. The number of nitrogens with zero attached hydrogens (tertiary/aromatic N) is 1. The van der Waals surface area contributed by atoms with Crippen LogP contribution in [0.15, 0.2) is 18.3 Å². The first-order chi connectivity index (χ1) is 7.13. The molecule has 1 aromatic heterocycles. The number of hydrogen-bond donors (Lipinski definition) is 0. The monoisotopic (exact) mass is 207 g/mol. The third-order valence-electron chi connectivity index (χ3n) is 1.99. The average Bonchev–Trinajstić information content (AvgIpc) is 2.26. The first kappa shape index (κ1) is 11.4. The van der Waals surface area contributed by atoms with Crippen molar-refractivity contribution in [3.63, 3.8) is 0 Å². The Morgan fingerprint density at radius 1 is 1.40 bits per heavy atom. The minimum atomic E-state index is -0.451. The van der Waals surface area contributed by atoms with Gasteiger partial charge in [0.2, 0.25) is 0 Å². The van der Waals surface area contributed by atoms with E-state index in [0.29, 0.717) is 12.8 Å². The maximum absolute atomic E-state index is 11.1. The second kappa shape index (κ2) is 5.24. The van der Waals surface area contributed by atoms with Crippen LogP contribution in [0.1, 0.15) is 29.4 Å². The second-order valence-corrected chi connectivity index (χ2v) is 3.25. The maximum Gasteiger partial charge on any atom is 0.356 e. The normalized spacial score (nSPS) is 9.73. The highest BCUT2D eigenvalue weighted by atomic mass is 16.5. The lowest BCUT2D eigenvalue weighted by Crippen LogP contribution is -2.04. The van der Waals surface area contributed by atoms with Gasteiger partial charge in [-0.2, -0.15) is 0 Å². The predicted molar refractivity (Wildman–Crippen MR) is 54.6 cm³/mol. The SMILES string of the molecule is COC(=O)c1ccc(CCC(C)=O)cn1. The quantitative estimate of drug-likeness (QED) is 0.700. The topological polar surface area (TPSA) is 56.3 Å². The van der Waals surface area contributed by atoms with Crippen molar-refractivity contribution < 1.29 is 14.3 Å². The summed E-state index contributed by atoms with van der Waals surface area (Å²) in [6.07, 6.45) is 2.75. The van der Waals surface area contributed by atoms with Crippen LogP contribution in [0.3, 0.4) is 0 Å². The fourth-order valence-electron chi connectivity index (χ4n) is 1.12. The molecular weight excluding hydrogens is 194 g/mol. The van der Waals surface area contributed by atoms with E-state index in [1.165, 1.54) is 7.11 Å². The molecule has 0 aromatic carbocycles. The van der Waals surface area contributed by atoms with Crippen LogP contribution in [0.4, 0.5) is 0 Å². The van der Waals surface area contributed by atoms with Crippen molar-refractivity contribution in [3.8, 4) is 0 Å². The van der Waals surface area contributed by atoms with Gasteiger partial charge in [0.25, 0.3) is 0 Å². The Morgan fingerprint density at radius 2 is 2.13 bits per heavy atom. The molecule has 15 heavy (non-hydrogen) atoms. The minimum Gasteiger partial charge on any atom is -0.464 e. The number of pyridine rings is 1. The lowest BCUT2D eigenvalue weighted by molar-refractivity contribution is -0.116. The van der Waals surface area contributed by atoms with Crippen molar-refractivity contribution in [2.24, 2.45) is 0 Å². The first-order valence-electron chi connectivity index (χ1n) is 4.66. The van der Waals surface area contributed by atoms with Gasteiger partial charge in [-0.3, -0.25) is 0 Å². The van der Waals surface area contributed by atoms with Gasteiger partial charge < -0.3 is 9.53 Å². The number of rotatable bonds is 4. The molecule has 0 bridgehead atoms. The number of ether oxygens (including phenoxy) is 1. The molecule has 0 unspecified atom stereocenters. The molecule has 0 atom stereocenters. The summed E-state index contributed by atoms with van der Waals surface area (Å²) in [4.78, 5) is 25.7. The third kappa shape index (κ3) is 3.50. The predicted octanol–water partition coefficient (Wildman–Crippen LogP) is 1.39. The van der Waals surface area contributed by atoms with E-state index in [-0.39, 0.29) is 11.5 Å². The average molecular weight is 207 g/mol. The van der Waals surface area contributed by atoms with Crippen LogP contribution in [-0.2, 0) is 16.0 Å². The van der Waals surface area contributed by atoms with Crippen LogP contribution in [0.2, 0.25) is 0 Å². The van der Waals surface area contributed by atoms with E-state index in [9.17, 15) is 9.59 Å². The summed E-state index contributed by atoms with van der Waals surface area (Å²) in [5.74, 6) is -0.305. The third-order valence-corrected chi connectivity index (χ3v) is 1.99. The Morgan fingerprint density at radius 3 is 2.60 bits per heavy atom. The number of aryl methyl sites for hydroxylation is 1. The molecule has 0 N–H and O–H groups in total. The molecule has 0 spiro atoms. The summed E-state index contributed by atoms with van der Waals surface area (Å²) >= 11 is 0. The highest BCUT2D eigenvalue weighted by Crippen LogP contribution is 2.04. The Labute approximate surface area is 88.3 Å². The zero-order valence-electron chi connectivity index (χ0n) is 8.82. The molecule has 1 heterocycles. The summed E-state index contributed by atoms with van der Waals surface area (Å²) in [6.45, 7) is 1.55. The molecule has 0 aliphatic carbocycles. The number of methoxy groups -OCH3 is 1. The van der Waals surface area contributed by atoms with Crippen LogP contribution in [0.5, 0.6) is 0 Å². The summed E-state index contributed by atoms with van der Waals surface area (Å²) in [6, 6.07) is 3.38. The fourth-order valence-corrected chi connectivity index (χ4v) is 1.12. The van der Waals surface area contributed by atoms with Gasteiger partial charge >= 0.3 is 5.97 Å². The van der Waals surface area contributed by atoms with Crippen molar-refractivity contribution in [2.45, 2.75) is 19.8 Å². The molecule has 1 rings (SSSR count). The maximum atomic E-state index is 11.1. The zero-order chi connectivity index (χ0) is 11.3. The van der Waals surface area contributed by atoms with Crippen LogP contribution in [-0.4, -0.2) is 23.8 Å². The Hall–Kier alpha value is -1.71. The van der Waals surface area contributed by atoms with E-state index < -0.39 is 5.97 Å². The van der Waals surface area contributed by atoms with Crippen LogP contribution >= 0.6 is 0 Å². The molecule has 0 saturated carbocycles. The molecule has 0 amide bonds. The molecule has 4 heteroatoms. The van der Waals surface area contributed by atoms with Gasteiger partial charge in [-0.05, 0) is 25.0 Å². The Bertz CT molecular complexity index is 357. The van der Waals surface area contributed by atoms with Gasteiger partial charge in [0.05, 0.1) is 7.11 Å². The lowest BCUT2D eigenvalue weighted by atomic mass is 10.1. The van der Waals surface area contributed by atoms with Crippen LogP contribution in [0, 0.1) is 0 Å². The van der Waals surface area contributed by atoms with Gasteiger partial charge in [-0.15, -0.1) is 0 Å². The van der Waals surface area contributed by atoms with Crippen molar-refractivity contribution in [2.75, 3.05) is 7.11 Å².